The summed E-state index contributed by atoms with van der Waals surface area (Å²) in [6.07, 6.45) is 2.49. The van der Waals surface area contributed by atoms with E-state index in [0.717, 1.165) is 5.69 Å². The second-order valence-electron chi connectivity index (χ2n) is 5.78. The van der Waals surface area contributed by atoms with Gasteiger partial charge in [0, 0.05) is 19.2 Å². The van der Waals surface area contributed by atoms with Crippen LogP contribution in [0, 0.1) is 13.8 Å². The third kappa shape index (κ3) is 3.73. The summed E-state index contributed by atoms with van der Waals surface area (Å²) in [6.45, 7) is 4.29. The zero-order valence-electron chi connectivity index (χ0n) is 14.2. The van der Waals surface area contributed by atoms with E-state index in [1.54, 1.807) is 13.1 Å². The predicted molar refractivity (Wildman–Crippen MR) is 90.9 cm³/mol. The van der Waals surface area contributed by atoms with Crippen molar-refractivity contribution in [2.45, 2.75) is 39.8 Å². The van der Waals surface area contributed by atoms with Gasteiger partial charge >= 0.3 is 0 Å². The van der Waals surface area contributed by atoms with Crippen LogP contribution in [0.15, 0.2) is 33.7 Å². The van der Waals surface area contributed by atoms with E-state index in [4.69, 9.17) is 4.52 Å². The van der Waals surface area contributed by atoms with Crippen LogP contribution in [0.4, 0.5) is 0 Å². The van der Waals surface area contributed by atoms with Crippen molar-refractivity contribution >= 4 is 16.8 Å². The average Bonchev–Trinajstić information content (AvgIpc) is 3.01. The number of fused-ring (bicyclic) bond motifs is 1. The number of hydrogen-bond donors (Lipinski definition) is 1. The number of pyridine rings is 1. The van der Waals surface area contributed by atoms with E-state index in [-0.39, 0.29) is 17.0 Å². The lowest BCUT2D eigenvalue weighted by Crippen LogP contribution is -2.26. The molecule has 8 heteroatoms. The summed E-state index contributed by atoms with van der Waals surface area (Å²) in [6, 6.07) is 5.55. The van der Waals surface area contributed by atoms with Crippen molar-refractivity contribution < 1.29 is 9.32 Å². The van der Waals surface area contributed by atoms with Crippen LogP contribution in [0.25, 0.3) is 10.9 Å². The first-order valence-electron chi connectivity index (χ1n) is 8.06. The van der Waals surface area contributed by atoms with Crippen LogP contribution in [0.1, 0.15) is 30.0 Å². The summed E-state index contributed by atoms with van der Waals surface area (Å²) in [5, 5.41) is 11.6. The van der Waals surface area contributed by atoms with Gasteiger partial charge in [-0.2, -0.15) is 5.10 Å². The Balaban J connectivity index is 1.57. The maximum Gasteiger partial charge on any atom is 0.296 e. The number of carbonyl (C=O) groups is 1. The molecule has 0 aromatic carbocycles. The lowest BCUT2D eigenvalue weighted by Gasteiger charge is -2.07. The van der Waals surface area contributed by atoms with Crippen molar-refractivity contribution in [1.82, 2.24) is 25.2 Å². The Kier molecular flexibility index (Phi) is 4.87. The van der Waals surface area contributed by atoms with Crippen molar-refractivity contribution in [3.8, 4) is 0 Å². The fraction of sp³-hybridized carbons (Fsp3) is 0.353. The standard InChI is InChI=1S/C17H19N5O3/c1-11-15-12(2)25-21-16(15)17(24)22(20-11)9-5-7-14(23)19-10-13-6-3-4-8-18-13/h3-4,6,8H,5,7,9-10H2,1-2H3,(H,19,23). The molecule has 0 aliphatic carbocycles. The van der Waals surface area contributed by atoms with E-state index in [1.807, 2.05) is 25.1 Å². The monoisotopic (exact) mass is 341 g/mol. The lowest BCUT2D eigenvalue weighted by molar-refractivity contribution is -0.121. The highest BCUT2D eigenvalue weighted by Crippen LogP contribution is 2.16. The number of aromatic nitrogens is 4. The topological polar surface area (TPSA) is 103 Å². The predicted octanol–water partition coefficient (Wildman–Crippen LogP) is 1.49. The third-order valence-corrected chi connectivity index (χ3v) is 3.90. The molecule has 0 aliphatic heterocycles. The number of rotatable bonds is 6. The molecule has 0 unspecified atom stereocenters. The second kappa shape index (κ2) is 7.25. The van der Waals surface area contributed by atoms with Gasteiger partial charge in [0.05, 0.1) is 23.3 Å². The van der Waals surface area contributed by atoms with Crippen molar-refractivity contribution in [1.29, 1.82) is 0 Å². The van der Waals surface area contributed by atoms with Gasteiger partial charge < -0.3 is 9.84 Å². The maximum atomic E-state index is 12.3. The van der Waals surface area contributed by atoms with E-state index in [2.05, 4.69) is 20.6 Å². The van der Waals surface area contributed by atoms with Gasteiger partial charge in [0.15, 0.2) is 5.52 Å². The fourth-order valence-electron chi connectivity index (χ4n) is 2.66. The Bertz CT molecular complexity index is 946. The van der Waals surface area contributed by atoms with Gasteiger partial charge in [0.25, 0.3) is 5.56 Å². The molecular weight excluding hydrogens is 322 g/mol. The van der Waals surface area contributed by atoms with Crippen LogP contribution in [0.3, 0.4) is 0 Å². The van der Waals surface area contributed by atoms with E-state index in [0.29, 0.717) is 42.8 Å². The molecule has 0 spiro atoms. The van der Waals surface area contributed by atoms with Crippen LogP contribution in [-0.2, 0) is 17.9 Å². The molecule has 3 heterocycles. The molecule has 0 fully saturated rings. The Labute approximate surface area is 143 Å². The second-order valence-corrected chi connectivity index (χ2v) is 5.78. The molecule has 0 radical (unpaired) electrons. The van der Waals surface area contributed by atoms with Gasteiger partial charge in [-0.1, -0.05) is 11.2 Å². The van der Waals surface area contributed by atoms with Gasteiger partial charge in [-0.25, -0.2) is 4.68 Å². The maximum absolute atomic E-state index is 12.3. The van der Waals surface area contributed by atoms with Crippen molar-refractivity contribution in [3.05, 3.63) is 51.9 Å². The normalized spacial score (nSPS) is 11.0. The minimum atomic E-state index is -0.300. The summed E-state index contributed by atoms with van der Waals surface area (Å²) in [7, 11) is 0. The van der Waals surface area contributed by atoms with Gasteiger partial charge in [0.1, 0.15) is 5.76 Å². The van der Waals surface area contributed by atoms with E-state index >= 15 is 0 Å². The quantitative estimate of drug-likeness (QED) is 0.729. The third-order valence-electron chi connectivity index (χ3n) is 3.90. The summed E-state index contributed by atoms with van der Waals surface area (Å²) in [5.74, 6) is 0.493. The summed E-state index contributed by atoms with van der Waals surface area (Å²) >= 11 is 0. The van der Waals surface area contributed by atoms with E-state index in [1.165, 1.54) is 4.68 Å². The van der Waals surface area contributed by atoms with Gasteiger partial charge in [0.2, 0.25) is 5.91 Å². The van der Waals surface area contributed by atoms with E-state index in [9.17, 15) is 9.59 Å². The van der Waals surface area contributed by atoms with Crippen LogP contribution in [-0.4, -0.2) is 25.8 Å². The Morgan fingerprint density at radius 1 is 1.32 bits per heavy atom. The molecule has 0 bridgehead atoms. The molecular formula is C17H19N5O3. The minimum Gasteiger partial charge on any atom is -0.360 e. The number of carbonyl (C=O) groups excluding carboxylic acids is 1. The van der Waals surface area contributed by atoms with E-state index < -0.39 is 0 Å². The van der Waals surface area contributed by atoms with Crippen LogP contribution < -0.4 is 10.9 Å². The van der Waals surface area contributed by atoms with Crippen molar-refractivity contribution in [3.63, 3.8) is 0 Å². The highest BCUT2D eigenvalue weighted by molar-refractivity contribution is 5.81. The zero-order chi connectivity index (χ0) is 17.8. The summed E-state index contributed by atoms with van der Waals surface area (Å²) in [4.78, 5) is 28.4. The molecule has 0 saturated heterocycles. The molecule has 0 aliphatic rings. The molecule has 3 aromatic heterocycles. The lowest BCUT2D eigenvalue weighted by atomic mass is 10.2. The molecule has 1 amide bonds. The number of hydrogen-bond acceptors (Lipinski definition) is 6. The molecule has 25 heavy (non-hydrogen) atoms. The van der Waals surface area contributed by atoms with Gasteiger partial charge in [-0.3, -0.25) is 14.6 Å². The SMILES string of the molecule is Cc1nn(CCCC(=O)NCc2ccccn2)c(=O)c2noc(C)c12. The van der Waals surface area contributed by atoms with Gasteiger partial charge in [-0.15, -0.1) is 0 Å². The highest BCUT2D eigenvalue weighted by Gasteiger charge is 2.15. The average molecular weight is 341 g/mol. The van der Waals surface area contributed by atoms with Crippen LogP contribution in [0.5, 0.6) is 0 Å². The smallest absolute Gasteiger partial charge is 0.296 e. The van der Waals surface area contributed by atoms with Gasteiger partial charge in [-0.05, 0) is 32.4 Å². The largest absolute Gasteiger partial charge is 0.360 e. The Morgan fingerprint density at radius 2 is 2.16 bits per heavy atom. The Morgan fingerprint density at radius 3 is 2.92 bits per heavy atom. The molecule has 0 atom stereocenters. The molecule has 8 nitrogen and oxygen atoms in total. The molecule has 3 rings (SSSR count). The van der Waals surface area contributed by atoms with Crippen molar-refractivity contribution in [2.75, 3.05) is 0 Å². The number of nitrogens with one attached hydrogen (secondary N) is 1. The first-order chi connectivity index (χ1) is 12.1. The number of amides is 1. The first kappa shape index (κ1) is 16.8. The zero-order valence-corrected chi connectivity index (χ0v) is 14.2. The molecule has 130 valence electrons. The number of aryl methyl sites for hydroxylation is 3. The Hall–Kier alpha value is -3.03. The molecule has 3 aromatic rings. The van der Waals surface area contributed by atoms with Crippen LogP contribution in [0.2, 0.25) is 0 Å². The molecule has 1 N–H and O–H groups in total. The number of nitrogens with zero attached hydrogens (tertiary/aromatic N) is 4. The minimum absolute atomic E-state index is 0.0891. The molecule has 0 saturated carbocycles. The summed E-state index contributed by atoms with van der Waals surface area (Å²) < 4.78 is 6.41. The first-order valence-corrected chi connectivity index (χ1v) is 8.06. The fourth-order valence-corrected chi connectivity index (χ4v) is 2.66. The summed E-state index contributed by atoms with van der Waals surface area (Å²) in [5.41, 5.74) is 1.47. The van der Waals surface area contributed by atoms with Crippen LogP contribution >= 0.6 is 0 Å². The van der Waals surface area contributed by atoms with Crippen molar-refractivity contribution in [2.24, 2.45) is 0 Å². The highest BCUT2D eigenvalue weighted by atomic mass is 16.5.